The van der Waals surface area contributed by atoms with Crippen molar-refractivity contribution in [3.63, 3.8) is 0 Å². The maximum Gasteiger partial charge on any atom is 0.222 e. The molecule has 0 aliphatic rings. The van der Waals surface area contributed by atoms with Gasteiger partial charge in [0.15, 0.2) is 0 Å². The molecule has 2 N–H and O–H groups in total. The second-order valence-corrected chi connectivity index (χ2v) is 3.94. The summed E-state index contributed by atoms with van der Waals surface area (Å²) >= 11 is 0. The smallest absolute Gasteiger partial charge is 0.222 e. The van der Waals surface area contributed by atoms with Crippen molar-refractivity contribution in [1.29, 1.82) is 0 Å². The molecule has 0 saturated carbocycles. The van der Waals surface area contributed by atoms with Gasteiger partial charge < -0.3 is 10.6 Å². The zero-order chi connectivity index (χ0) is 11.8. The highest BCUT2D eigenvalue weighted by Crippen LogP contribution is 2.05. The lowest BCUT2D eigenvalue weighted by Crippen LogP contribution is -2.31. The van der Waals surface area contributed by atoms with Crippen LogP contribution in [-0.2, 0) is 11.2 Å². The Labute approximate surface area is 97.2 Å². The van der Waals surface area contributed by atoms with Gasteiger partial charge in [-0.05, 0) is 18.4 Å². The lowest BCUT2D eigenvalue weighted by Gasteiger charge is -2.15. The van der Waals surface area contributed by atoms with E-state index >= 15 is 0 Å². The number of rotatable bonds is 6. The fourth-order valence-corrected chi connectivity index (χ4v) is 1.60. The van der Waals surface area contributed by atoms with Crippen LogP contribution in [0.1, 0.15) is 18.4 Å². The molecule has 0 saturated heterocycles. The van der Waals surface area contributed by atoms with Crippen LogP contribution in [0.2, 0.25) is 0 Å². The van der Waals surface area contributed by atoms with Crippen molar-refractivity contribution in [3.8, 4) is 0 Å². The summed E-state index contributed by atoms with van der Waals surface area (Å²) < 4.78 is 0. The summed E-state index contributed by atoms with van der Waals surface area (Å²) in [6, 6.07) is 10.2. The van der Waals surface area contributed by atoms with E-state index in [9.17, 15) is 4.79 Å². The van der Waals surface area contributed by atoms with Crippen LogP contribution in [-0.4, -0.2) is 30.9 Å². The average molecular weight is 220 g/mol. The molecular weight excluding hydrogens is 200 g/mol. The van der Waals surface area contributed by atoms with E-state index in [4.69, 9.17) is 5.73 Å². The Morgan fingerprint density at radius 1 is 1.31 bits per heavy atom. The van der Waals surface area contributed by atoms with Crippen molar-refractivity contribution in [2.75, 3.05) is 20.1 Å². The normalized spacial score (nSPS) is 10.1. The molecular formula is C13H20N2O. The molecule has 16 heavy (non-hydrogen) atoms. The minimum atomic E-state index is 0.182. The summed E-state index contributed by atoms with van der Waals surface area (Å²) in [6.07, 6.45) is 2.46. The molecule has 0 heterocycles. The van der Waals surface area contributed by atoms with Gasteiger partial charge in [0.2, 0.25) is 5.91 Å². The van der Waals surface area contributed by atoms with E-state index in [0.29, 0.717) is 19.5 Å². The van der Waals surface area contributed by atoms with Gasteiger partial charge in [0.1, 0.15) is 0 Å². The quantitative estimate of drug-likeness (QED) is 0.788. The third kappa shape index (κ3) is 4.45. The van der Waals surface area contributed by atoms with Gasteiger partial charge >= 0.3 is 0 Å². The first-order valence-corrected chi connectivity index (χ1v) is 5.72. The highest BCUT2D eigenvalue weighted by atomic mass is 16.2. The minimum Gasteiger partial charge on any atom is -0.344 e. The SMILES string of the molecule is CN(CCN)C(=O)CCCc1ccccc1. The summed E-state index contributed by atoms with van der Waals surface area (Å²) in [5.74, 6) is 0.182. The van der Waals surface area contributed by atoms with Crippen LogP contribution in [0.3, 0.4) is 0 Å². The minimum absolute atomic E-state index is 0.182. The van der Waals surface area contributed by atoms with Crippen LogP contribution < -0.4 is 5.73 Å². The van der Waals surface area contributed by atoms with Crippen molar-refractivity contribution < 1.29 is 4.79 Å². The van der Waals surface area contributed by atoms with Crippen molar-refractivity contribution in [3.05, 3.63) is 35.9 Å². The second kappa shape index (κ2) is 7.01. The van der Waals surface area contributed by atoms with Crippen LogP contribution in [0.5, 0.6) is 0 Å². The molecule has 3 nitrogen and oxygen atoms in total. The second-order valence-electron chi connectivity index (χ2n) is 3.94. The van der Waals surface area contributed by atoms with E-state index in [1.807, 2.05) is 18.2 Å². The average Bonchev–Trinajstić information content (AvgIpc) is 2.30. The van der Waals surface area contributed by atoms with Gasteiger partial charge in [-0.25, -0.2) is 0 Å². The third-order valence-corrected chi connectivity index (χ3v) is 2.59. The standard InChI is InChI=1S/C13H20N2O/c1-15(11-10-14)13(16)9-5-8-12-6-3-2-4-7-12/h2-4,6-7H,5,8-11,14H2,1H3. The Balaban J connectivity index is 2.23. The first kappa shape index (κ1) is 12.7. The highest BCUT2D eigenvalue weighted by molar-refractivity contribution is 5.75. The zero-order valence-electron chi connectivity index (χ0n) is 9.86. The lowest BCUT2D eigenvalue weighted by molar-refractivity contribution is -0.129. The van der Waals surface area contributed by atoms with Crippen LogP contribution in [0, 0.1) is 0 Å². The number of hydrogen-bond acceptors (Lipinski definition) is 2. The summed E-state index contributed by atoms with van der Waals surface area (Å²) in [5.41, 5.74) is 6.68. The molecule has 3 heteroatoms. The number of carbonyl (C=O) groups excluding carboxylic acids is 1. The number of hydrogen-bond donors (Lipinski definition) is 1. The molecule has 0 unspecified atom stereocenters. The Morgan fingerprint density at radius 2 is 2.00 bits per heavy atom. The van der Waals surface area contributed by atoms with E-state index in [0.717, 1.165) is 12.8 Å². The van der Waals surface area contributed by atoms with Gasteiger partial charge in [0, 0.05) is 26.6 Å². The Bertz CT molecular complexity index is 311. The maximum atomic E-state index is 11.6. The Kier molecular flexibility index (Phi) is 5.57. The van der Waals surface area contributed by atoms with E-state index in [2.05, 4.69) is 12.1 Å². The fraction of sp³-hybridized carbons (Fsp3) is 0.462. The summed E-state index contributed by atoms with van der Waals surface area (Å²) in [7, 11) is 1.80. The molecule has 1 rings (SSSR count). The van der Waals surface area contributed by atoms with E-state index in [-0.39, 0.29) is 5.91 Å². The molecule has 1 aromatic rings. The van der Waals surface area contributed by atoms with Gasteiger partial charge in [-0.3, -0.25) is 4.79 Å². The first-order valence-electron chi connectivity index (χ1n) is 5.72. The molecule has 88 valence electrons. The van der Waals surface area contributed by atoms with Gasteiger partial charge in [0.05, 0.1) is 0 Å². The maximum absolute atomic E-state index is 11.6. The van der Waals surface area contributed by atoms with Crippen LogP contribution in [0.4, 0.5) is 0 Å². The fourth-order valence-electron chi connectivity index (χ4n) is 1.60. The van der Waals surface area contributed by atoms with E-state index in [1.165, 1.54) is 5.56 Å². The Hall–Kier alpha value is -1.35. The predicted octanol–water partition coefficient (Wildman–Crippen LogP) is 1.43. The largest absolute Gasteiger partial charge is 0.344 e. The summed E-state index contributed by atoms with van der Waals surface area (Å²) in [4.78, 5) is 13.3. The number of nitrogens with zero attached hydrogens (tertiary/aromatic N) is 1. The lowest BCUT2D eigenvalue weighted by atomic mass is 10.1. The van der Waals surface area contributed by atoms with Gasteiger partial charge in [0.25, 0.3) is 0 Å². The predicted molar refractivity (Wildman–Crippen MR) is 66.1 cm³/mol. The van der Waals surface area contributed by atoms with Crippen LogP contribution in [0.15, 0.2) is 30.3 Å². The van der Waals surface area contributed by atoms with Gasteiger partial charge in [-0.1, -0.05) is 30.3 Å². The van der Waals surface area contributed by atoms with Crippen molar-refractivity contribution in [2.45, 2.75) is 19.3 Å². The highest BCUT2D eigenvalue weighted by Gasteiger charge is 2.06. The number of amides is 1. The topological polar surface area (TPSA) is 46.3 Å². The molecule has 0 radical (unpaired) electrons. The Morgan fingerprint density at radius 3 is 2.62 bits per heavy atom. The zero-order valence-corrected chi connectivity index (χ0v) is 9.86. The number of likely N-dealkylation sites (N-methyl/N-ethyl adjacent to an activating group) is 1. The molecule has 0 spiro atoms. The number of benzene rings is 1. The van der Waals surface area contributed by atoms with Crippen molar-refractivity contribution >= 4 is 5.91 Å². The summed E-state index contributed by atoms with van der Waals surface area (Å²) in [6.45, 7) is 1.17. The molecule has 0 aromatic heterocycles. The first-order chi connectivity index (χ1) is 7.74. The molecule has 0 aliphatic heterocycles. The van der Waals surface area contributed by atoms with E-state index < -0.39 is 0 Å². The number of carbonyl (C=O) groups is 1. The van der Waals surface area contributed by atoms with Gasteiger partial charge in [-0.2, -0.15) is 0 Å². The number of aryl methyl sites for hydroxylation is 1. The van der Waals surface area contributed by atoms with Gasteiger partial charge in [-0.15, -0.1) is 0 Å². The monoisotopic (exact) mass is 220 g/mol. The van der Waals surface area contributed by atoms with E-state index in [1.54, 1.807) is 11.9 Å². The molecule has 0 fully saturated rings. The van der Waals surface area contributed by atoms with Crippen LogP contribution >= 0.6 is 0 Å². The molecule has 1 aromatic carbocycles. The number of nitrogens with two attached hydrogens (primary N) is 1. The molecule has 0 atom stereocenters. The molecule has 1 amide bonds. The molecule has 0 aliphatic carbocycles. The van der Waals surface area contributed by atoms with Crippen molar-refractivity contribution in [1.82, 2.24) is 4.90 Å². The van der Waals surface area contributed by atoms with Crippen molar-refractivity contribution in [2.24, 2.45) is 5.73 Å². The summed E-state index contributed by atoms with van der Waals surface area (Å²) in [5, 5.41) is 0. The van der Waals surface area contributed by atoms with Crippen LogP contribution in [0.25, 0.3) is 0 Å². The molecule has 0 bridgehead atoms. The third-order valence-electron chi connectivity index (χ3n) is 2.59.